The fourth-order valence-corrected chi connectivity index (χ4v) is 2.18. The van der Waals surface area contributed by atoms with Gasteiger partial charge >= 0.3 is 0 Å². The largest absolute Gasteiger partial charge is 0.497 e. The molecule has 0 aliphatic heterocycles. The first-order valence-corrected chi connectivity index (χ1v) is 7.02. The highest BCUT2D eigenvalue weighted by molar-refractivity contribution is 8.02. The molecule has 0 heterocycles. The topological polar surface area (TPSA) is 21.3 Å². The number of thioether (sulfide) groups is 1. The molecular formula is C13H17NOS2. The average molecular weight is 267 g/mol. The minimum atomic E-state index is 0.814. The highest BCUT2D eigenvalue weighted by atomic mass is 32.2. The predicted molar refractivity (Wildman–Crippen MR) is 80.0 cm³/mol. The van der Waals surface area contributed by atoms with E-state index in [0.29, 0.717) is 0 Å². The summed E-state index contributed by atoms with van der Waals surface area (Å²) in [6.45, 7) is 2.96. The Morgan fingerprint density at radius 1 is 1.53 bits per heavy atom. The van der Waals surface area contributed by atoms with Crippen molar-refractivity contribution in [1.82, 2.24) is 5.32 Å². The third kappa shape index (κ3) is 4.40. The summed E-state index contributed by atoms with van der Waals surface area (Å²) in [5.41, 5.74) is 1.00. The lowest BCUT2D eigenvalue weighted by Gasteiger charge is -2.07. The Labute approximate surface area is 112 Å². The van der Waals surface area contributed by atoms with Gasteiger partial charge in [-0.15, -0.1) is 11.8 Å². The summed E-state index contributed by atoms with van der Waals surface area (Å²) < 4.78 is 5.18. The zero-order valence-corrected chi connectivity index (χ0v) is 12.0. The number of ether oxygens (including phenoxy) is 1. The second kappa shape index (κ2) is 7.35. The maximum Gasteiger partial charge on any atom is 0.119 e. The molecule has 0 fully saturated rings. The van der Waals surface area contributed by atoms with Gasteiger partial charge in [-0.1, -0.05) is 24.4 Å². The standard InChI is InChI=1S/C13H17NOS2/c1-4-14-13(17-3)9-12(16)10-6-5-7-11(8-10)15-2/h5-9,14H,4H2,1-3H3/b13-9-. The van der Waals surface area contributed by atoms with Crippen LogP contribution >= 0.6 is 24.0 Å². The Morgan fingerprint density at radius 3 is 2.88 bits per heavy atom. The van der Waals surface area contributed by atoms with Crippen LogP contribution in [0.3, 0.4) is 0 Å². The zero-order chi connectivity index (χ0) is 12.7. The molecule has 2 nitrogen and oxygen atoms in total. The van der Waals surface area contributed by atoms with Gasteiger partial charge in [0.05, 0.1) is 12.1 Å². The van der Waals surface area contributed by atoms with E-state index in [-0.39, 0.29) is 0 Å². The molecule has 4 heteroatoms. The molecule has 0 aromatic heterocycles. The summed E-state index contributed by atoms with van der Waals surface area (Å²) in [7, 11) is 1.66. The molecule has 1 N–H and O–H groups in total. The molecule has 0 atom stereocenters. The summed E-state index contributed by atoms with van der Waals surface area (Å²) in [5, 5.41) is 4.35. The highest BCUT2D eigenvalue weighted by Gasteiger charge is 2.02. The van der Waals surface area contributed by atoms with Crippen LogP contribution < -0.4 is 10.1 Å². The maximum atomic E-state index is 5.40. The van der Waals surface area contributed by atoms with Gasteiger partial charge in [-0.25, -0.2) is 0 Å². The molecule has 0 radical (unpaired) electrons. The number of nitrogens with one attached hydrogen (secondary N) is 1. The lowest BCUT2D eigenvalue weighted by Crippen LogP contribution is -2.10. The van der Waals surface area contributed by atoms with E-state index in [4.69, 9.17) is 17.0 Å². The highest BCUT2D eigenvalue weighted by Crippen LogP contribution is 2.16. The first kappa shape index (κ1) is 14.1. The molecule has 1 aromatic carbocycles. The van der Waals surface area contributed by atoms with Crippen LogP contribution in [0.15, 0.2) is 35.4 Å². The van der Waals surface area contributed by atoms with Gasteiger partial charge in [-0.2, -0.15) is 0 Å². The summed E-state index contributed by atoms with van der Waals surface area (Å²) in [6, 6.07) is 7.80. The minimum Gasteiger partial charge on any atom is -0.497 e. The molecular weight excluding hydrogens is 250 g/mol. The van der Waals surface area contributed by atoms with Crippen LogP contribution in [0.5, 0.6) is 5.75 Å². The van der Waals surface area contributed by atoms with E-state index >= 15 is 0 Å². The van der Waals surface area contributed by atoms with Crippen LogP contribution in [0.4, 0.5) is 0 Å². The van der Waals surface area contributed by atoms with Crippen molar-refractivity contribution in [1.29, 1.82) is 0 Å². The minimum absolute atomic E-state index is 0.814. The zero-order valence-electron chi connectivity index (χ0n) is 10.3. The van der Waals surface area contributed by atoms with Crippen molar-refractivity contribution in [2.75, 3.05) is 19.9 Å². The van der Waals surface area contributed by atoms with E-state index in [2.05, 4.69) is 12.2 Å². The lowest BCUT2D eigenvalue weighted by atomic mass is 10.1. The van der Waals surface area contributed by atoms with Crippen molar-refractivity contribution in [3.8, 4) is 5.75 Å². The molecule has 0 aliphatic carbocycles. The number of hydrogen-bond donors (Lipinski definition) is 1. The molecule has 92 valence electrons. The van der Waals surface area contributed by atoms with Gasteiger partial charge in [0, 0.05) is 11.4 Å². The summed E-state index contributed by atoms with van der Waals surface area (Å²) in [5.74, 6) is 0.826. The summed E-state index contributed by atoms with van der Waals surface area (Å²) in [4.78, 5) is 0.814. The number of thiocarbonyl (C=S) groups is 1. The van der Waals surface area contributed by atoms with E-state index in [1.54, 1.807) is 18.9 Å². The van der Waals surface area contributed by atoms with Crippen LogP contribution in [-0.4, -0.2) is 24.8 Å². The van der Waals surface area contributed by atoms with Gasteiger partial charge in [0.25, 0.3) is 0 Å². The van der Waals surface area contributed by atoms with Crippen LogP contribution in [0, 0.1) is 0 Å². The number of allylic oxidation sites excluding steroid dienone is 1. The van der Waals surface area contributed by atoms with E-state index in [0.717, 1.165) is 27.8 Å². The van der Waals surface area contributed by atoms with Crippen molar-refractivity contribution >= 4 is 28.8 Å². The van der Waals surface area contributed by atoms with E-state index in [9.17, 15) is 0 Å². The van der Waals surface area contributed by atoms with Crippen molar-refractivity contribution in [2.45, 2.75) is 6.92 Å². The third-order valence-corrected chi connectivity index (χ3v) is 3.24. The van der Waals surface area contributed by atoms with Gasteiger partial charge in [-0.05, 0) is 37.0 Å². The number of methoxy groups -OCH3 is 1. The van der Waals surface area contributed by atoms with Crippen LogP contribution in [0.1, 0.15) is 12.5 Å². The van der Waals surface area contributed by atoms with Crippen LogP contribution in [0.25, 0.3) is 0 Å². The molecule has 1 rings (SSSR count). The van der Waals surface area contributed by atoms with Crippen LogP contribution in [-0.2, 0) is 0 Å². The van der Waals surface area contributed by atoms with E-state index in [1.165, 1.54) is 0 Å². The number of hydrogen-bond acceptors (Lipinski definition) is 4. The van der Waals surface area contributed by atoms with Crippen molar-refractivity contribution in [3.05, 3.63) is 40.9 Å². The Hall–Kier alpha value is -1.00. The van der Waals surface area contributed by atoms with Crippen molar-refractivity contribution in [3.63, 3.8) is 0 Å². The Kier molecular flexibility index (Phi) is 6.08. The Bertz CT molecular complexity index is 416. The van der Waals surface area contributed by atoms with Crippen molar-refractivity contribution in [2.24, 2.45) is 0 Å². The van der Waals surface area contributed by atoms with Gasteiger partial charge in [0.2, 0.25) is 0 Å². The van der Waals surface area contributed by atoms with Gasteiger partial charge in [0.15, 0.2) is 0 Å². The van der Waals surface area contributed by atoms with E-state index in [1.807, 2.05) is 36.6 Å². The quantitative estimate of drug-likeness (QED) is 0.485. The monoisotopic (exact) mass is 267 g/mol. The third-order valence-electron chi connectivity index (χ3n) is 2.19. The summed E-state index contributed by atoms with van der Waals surface area (Å²) in [6.07, 6.45) is 4.01. The van der Waals surface area contributed by atoms with Crippen LogP contribution in [0.2, 0.25) is 0 Å². The number of benzene rings is 1. The molecule has 0 bridgehead atoms. The fourth-order valence-electron chi connectivity index (χ4n) is 1.34. The molecule has 0 aliphatic rings. The molecule has 1 aromatic rings. The SMILES string of the molecule is CCN/C(=C/C(=S)c1cccc(OC)c1)SC. The summed E-state index contributed by atoms with van der Waals surface area (Å²) >= 11 is 7.06. The average Bonchev–Trinajstić information content (AvgIpc) is 2.38. The molecule has 0 unspecified atom stereocenters. The fraction of sp³-hybridized carbons (Fsp3) is 0.308. The molecule has 0 saturated carbocycles. The van der Waals surface area contributed by atoms with Gasteiger partial charge in [0.1, 0.15) is 5.75 Å². The molecule has 17 heavy (non-hydrogen) atoms. The second-order valence-electron chi connectivity index (χ2n) is 3.34. The maximum absolute atomic E-state index is 5.40. The first-order chi connectivity index (χ1) is 8.21. The Balaban J connectivity index is 2.87. The van der Waals surface area contributed by atoms with Gasteiger partial charge < -0.3 is 10.1 Å². The second-order valence-corrected chi connectivity index (χ2v) is 4.63. The van der Waals surface area contributed by atoms with E-state index < -0.39 is 0 Å². The smallest absolute Gasteiger partial charge is 0.119 e. The van der Waals surface area contributed by atoms with Crippen molar-refractivity contribution < 1.29 is 4.74 Å². The molecule has 0 spiro atoms. The molecule has 0 saturated heterocycles. The van der Waals surface area contributed by atoms with Gasteiger partial charge in [-0.3, -0.25) is 0 Å². The first-order valence-electron chi connectivity index (χ1n) is 5.39. The molecule has 0 amide bonds. The number of rotatable bonds is 6. The normalized spacial score (nSPS) is 11.1. The Morgan fingerprint density at radius 2 is 2.29 bits per heavy atom. The lowest BCUT2D eigenvalue weighted by molar-refractivity contribution is 0.414. The predicted octanol–water partition coefficient (Wildman–Crippen LogP) is 3.23.